The number of carbonyl (C=O) groups is 2. The molecule has 1 amide bonds. The molecule has 0 aliphatic carbocycles. The predicted molar refractivity (Wildman–Crippen MR) is 93.1 cm³/mol. The first-order chi connectivity index (χ1) is 13.9. The van der Waals surface area contributed by atoms with Crippen LogP contribution in [-0.2, 0) is 41.4 Å². The molecule has 1 saturated heterocycles. The summed E-state index contributed by atoms with van der Waals surface area (Å²) in [6, 6.07) is -1.76. The highest BCUT2D eigenvalue weighted by Crippen LogP contribution is 2.69. The summed E-state index contributed by atoms with van der Waals surface area (Å²) >= 11 is 0. The first kappa shape index (κ1) is 28.2. The summed E-state index contributed by atoms with van der Waals surface area (Å²) in [4.78, 5) is 59.8. The SMILES string of the molecule is NC(=O)CC[C@H](N)C(=O)OP(=O)(O)C1(OP(=O)(O)OP(=O)(O)O)O[C@H](CO)[C@@H](O)[C@H]1O. The van der Waals surface area contributed by atoms with Gasteiger partial charge in [0.05, 0.1) is 6.61 Å². The van der Waals surface area contributed by atoms with Crippen LogP contribution in [0.15, 0.2) is 0 Å². The van der Waals surface area contributed by atoms with Crippen LogP contribution in [0.3, 0.4) is 0 Å². The average Bonchev–Trinajstić information content (AvgIpc) is 2.82. The van der Waals surface area contributed by atoms with Gasteiger partial charge in [-0.2, -0.15) is 4.31 Å². The Balaban J connectivity index is 3.32. The zero-order chi connectivity index (χ0) is 24.4. The van der Waals surface area contributed by atoms with Crippen LogP contribution in [0, 0.1) is 0 Å². The van der Waals surface area contributed by atoms with E-state index < -0.39 is 84.4 Å². The lowest BCUT2D eigenvalue weighted by molar-refractivity contribution is -0.177. The van der Waals surface area contributed by atoms with Gasteiger partial charge in [-0.3, -0.25) is 9.59 Å². The molecule has 0 saturated carbocycles. The van der Waals surface area contributed by atoms with E-state index in [0.29, 0.717) is 0 Å². The number of ether oxygens (including phenoxy) is 1. The zero-order valence-corrected chi connectivity index (χ0v) is 17.9. The lowest BCUT2D eigenvalue weighted by Crippen LogP contribution is -2.46. The van der Waals surface area contributed by atoms with Crippen LogP contribution in [0.25, 0.3) is 0 Å². The summed E-state index contributed by atoms with van der Waals surface area (Å²) in [5, 5.41) is 29.1. The van der Waals surface area contributed by atoms with E-state index >= 15 is 0 Å². The minimum Gasteiger partial charge on any atom is -0.394 e. The molecule has 0 bridgehead atoms. The molecule has 1 fully saturated rings. The van der Waals surface area contributed by atoms with Crippen molar-refractivity contribution in [3.8, 4) is 0 Å². The maximum Gasteiger partial charge on any atom is 0.484 e. The number of nitrogens with two attached hydrogens (primary N) is 2. The van der Waals surface area contributed by atoms with Gasteiger partial charge in [0, 0.05) is 6.42 Å². The second-order valence-electron chi connectivity index (χ2n) is 6.08. The highest BCUT2D eigenvalue weighted by molar-refractivity contribution is 7.61. The average molecular weight is 518 g/mol. The Morgan fingerprint density at radius 1 is 1.13 bits per heavy atom. The van der Waals surface area contributed by atoms with E-state index in [4.69, 9.17) is 26.4 Å². The first-order valence-electron chi connectivity index (χ1n) is 7.93. The van der Waals surface area contributed by atoms with E-state index in [-0.39, 0.29) is 0 Å². The fourth-order valence-corrected chi connectivity index (χ4v) is 5.94. The highest BCUT2D eigenvalue weighted by atomic mass is 31.3. The van der Waals surface area contributed by atoms with Gasteiger partial charge in [-0.15, -0.1) is 0 Å². The van der Waals surface area contributed by atoms with Gasteiger partial charge < -0.3 is 55.6 Å². The Morgan fingerprint density at radius 2 is 1.68 bits per heavy atom. The number of aliphatic hydroxyl groups is 3. The Kier molecular flexibility index (Phi) is 9.09. The third-order valence-electron chi connectivity index (χ3n) is 3.65. The monoisotopic (exact) mass is 518 g/mol. The van der Waals surface area contributed by atoms with Gasteiger partial charge in [-0.1, -0.05) is 0 Å². The summed E-state index contributed by atoms with van der Waals surface area (Å²) in [5.74, 6) is -2.62. The molecule has 1 aliphatic heterocycles. The van der Waals surface area contributed by atoms with E-state index in [9.17, 15) is 43.3 Å². The molecule has 21 heteroatoms. The number of amides is 1. The van der Waals surface area contributed by atoms with E-state index in [1.165, 1.54) is 0 Å². The van der Waals surface area contributed by atoms with Crippen molar-refractivity contribution in [1.29, 1.82) is 0 Å². The number of aliphatic hydroxyl groups excluding tert-OH is 3. The maximum atomic E-state index is 12.7. The molecular weight excluding hydrogens is 497 g/mol. The van der Waals surface area contributed by atoms with E-state index in [0.717, 1.165) is 0 Å². The molecule has 18 nitrogen and oxygen atoms in total. The van der Waals surface area contributed by atoms with Crippen molar-refractivity contribution in [2.75, 3.05) is 6.61 Å². The van der Waals surface area contributed by atoms with Gasteiger partial charge in [0.2, 0.25) is 5.91 Å². The van der Waals surface area contributed by atoms with Crippen molar-refractivity contribution in [1.82, 2.24) is 0 Å². The third kappa shape index (κ3) is 7.08. The molecular formula is C10H21N2O16P3. The molecule has 0 aromatic carbocycles. The zero-order valence-electron chi connectivity index (χ0n) is 15.2. The van der Waals surface area contributed by atoms with Gasteiger partial charge in [-0.25, -0.2) is 18.2 Å². The lowest BCUT2D eigenvalue weighted by atomic mass is 10.1. The number of rotatable bonds is 11. The van der Waals surface area contributed by atoms with Gasteiger partial charge in [0.15, 0.2) is 6.10 Å². The summed E-state index contributed by atoms with van der Waals surface area (Å²) in [6.45, 7) is -1.18. The molecule has 11 N–H and O–H groups in total. The fourth-order valence-electron chi connectivity index (χ4n) is 2.27. The quantitative estimate of drug-likeness (QED) is 0.119. The predicted octanol–water partition coefficient (Wildman–Crippen LogP) is -3.70. The van der Waals surface area contributed by atoms with Crippen molar-refractivity contribution in [2.45, 2.75) is 42.7 Å². The molecule has 0 aromatic rings. The standard InChI is InChI=1S/C10H21N2O16P3/c11-4(1-2-6(12)14)9(17)26-29(18,19)10(8(16)7(15)5(3-13)25-10)27-31(23,24)28-30(20,21)22/h4-5,7-8,13,15-16H,1-3,11H2,(H2,12,14)(H,18,19)(H,23,24)(H2,20,21,22)/t4-,5+,7+,8+,10?/m0/s1. The number of hydrogen-bond acceptors (Lipinski definition) is 13. The molecule has 1 rings (SSSR count). The van der Waals surface area contributed by atoms with Crippen LogP contribution in [-0.4, -0.2) is 83.3 Å². The molecule has 3 unspecified atom stereocenters. The number of phosphoric acid groups is 2. The Hall–Kier alpha value is -0.810. The van der Waals surface area contributed by atoms with Gasteiger partial charge >= 0.3 is 34.7 Å². The van der Waals surface area contributed by atoms with Gasteiger partial charge in [-0.05, 0) is 6.42 Å². The van der Waals surface area contributed by atoms with Crippen molar-refractivity contribution in [3.05, 3.63) is 0 Å². The molecule has 1 aliphatic rings. The Bertz CT molecular complexity index is 830. The normalized spacial score (nSPS) is 31.4. The summed E-state index contributed by atoms with van der Waals surface area (Å²) in [6.07, 6.45) is -8.00. The topological polar surface area (TPSA) is 316 Å². The minimum atomic E-state index is -6.08. The number of hydrogen-bond donors (Lipinski definition) is 9. The van der Waals surface area contributed by atoms with Crippen LogP contribution < -0.4 is 11.5 Å². The molecule has 31 heavy (non-hydrogen) atoms. The van der Waals surface area contributed by atoms with Crippen LogP contribution in [0.4, 0.5) is 0 Å². The minimum absolute atomic E-state index is 0.458. The van der Waals surface area contributed by atoms with Crippen LogP contribution >= 0.6 is 23.2 Å². The van der Waals surface area contributed by atoms with Crippen molar-refractivity contribution < 1.29 is 76.3 Å². The van der Waals surface area contributed by atoms with Crippen molar-refractivity contribution in [3.63, 3.8) is 0 Å². The smallest absolute Gasteiger partial charge is 0.394 e. The summed E-state index contributed by atoms with van der Waals surface area (Å²) < 4.78 is 52.0. The number of primary amides is 1. The maximum absolute atomic E-state index is 12.7. The summed E-state index contributed by atoms with van der Waals surface area (Å²) in [7, 11) is -17.9. The third-order valence-corrected chi connectivity index (χ3v) is 7.64. The van der Waals surface area contributed by atoms with Crippen LogP contribution in [0.2, 0.25) is 0 Å². The Labute approximate surface area is 173 Å². The Morgan fingerprint density at radius 3 is 2.10 bits per heavy atom. The highest BCUT2D eigenvalue weighted by Gasteiger charge is 2.71. The largest absolute Gasteiger partial charge is 0.484 e. The van der Waals surface area contributed by atoms with Crippen molar-refractivity contribution in [2.24, 2.45) is 11.5 Å². The fraction of sp³-hybridized carbons (Fsp3) is 0.800. The number of phosphoric ester groups is 1. The second kappa shape index (κ2) is 9.99. The lowest BCUT2D eigenvalue weighted by Gasteiger charge is -2.34. The van der Waals surface area contributed by atoms with Gasteiger partial charge in [0.1, 0.15) is 18.2 Å². The second-order valence-corrected chi connectivity index (χ2v) is 10.7. The van der Waals surface area contributed by atoms with Crippen LogP contribution in [0.1, 0.15) is 12.8 Å². The van der Waals surface area contributed by atoms with E-state index in [1.54, 1.807) is 0 Å². The molecule has 1 heterocycles. The number of carbonyl (C=O) groups excluding carboxylic acids is 2. The molecule has 0 aromatic heterocycles. The van der Waals surface area contributed by atoms with Crippen LogP contribution in [0.5, 0.6) is 0 Å². The summed E-state index contributed by atoms with van der Waals surface area (Å²) in [5.41, 5.74) is 6.36. The molecule has 182 valence electrons. The van der Waals surface area contributed by atoms with E-state index in [2.05, 4.69) is 18.1 Å². The molecule has 7 atom stereocenters. The first-order valence-corrected chi connectivity index (χ1v) is 12.5. The van der Waals surface area contributed by atoms with Gasteiger partial charge in [0.25, 0.3) is 0 Å². The van der Waals surface area contributed by atoms with Crippen molar-refractivity contribution >= 4 is 35.1 Å². The van der Waals surface area contributed by atoms with E-state index in [1.807, 2.05) is 0 Å². The molecule has 0 radical (unpaired) electrons. The molecule has 0 spiro atoms.